The van der Waals surface area contributed by atoms with Crippen LogP contribution in [0.25, 0.3) is 11.1 Å². The molecule has 0 aliphatic heterocycles. The first-order chi connectivity index (χ1) is 8.22. The highest BCUT2D eigenvalue weighted by atomic mass is 32.2. The van der Waals surface area contributed by atoms with Gasteiger partial charge >= 0.3 is 5.76 Å². The van der Waals surface area contributed by atoms with Crippen LogP contribution in [0.15, 0.2) is 26.2 Å². The summed E-state index contributed by atoms with van der Waals surface area (Å²) in [6.45, 7) is 0. The largest absolute Gasteiger partial charge is 0.417 e. The van der Waals surface area contributed by atoms with E-state index >= 15 is 0 Å². The molecule has 0 bridgehead atoms. The standard InChI is InChI=1S/C12H14N2O2S/c13-8-5-10-9(14-12(15)16-10)6-11(8)17-7-3-1-2-4-7/h5-7H,1-4,13H2,(H,14,15). The predicted octanol–water partition coefficient (Wildman–Crippen LogP) is 2.74. The Hall–Kier alpha value is -1.36. The summed E-state index contributed by atoms with van der Waals surface area (Å²) in [5.74, 6) is -0.428. The molecule has 90 valence electrons. The summed E-state index contributed by atoms with van der Waals surface area (Å²) in [7, 11) is 0. The zero-order chi connectivity index (χ0) is 11.8. The molecule has 17 heavy (non-hydrogen) atoms. The van der Waals surface area contributed by atoms with Gasteiger partial charge in [0.1, 0.15) is 0 Å². The van der Waals surface area contributed by atoms with Crippen molar-refractivity contribution in [1.29, 1.82) is 0 Å². The number of nitrogen functional groups attached to an aromatic ring is 1. The number of thioether (sulfide) groups is 1. The lowest BCUT2D eigenvalue weighted by Gasteiger charge is -2.10. The van der Waals surface area contributed by atoms with Crippen molar-refractivity contribution in [2.45, 2.75) is 35.8 Å². The number of hydrogen-bond acceptors (Lipinski definition) is 4. The van der Waals surface area contributed by atoms with Gasteiger partial charge in [-0.1, -0.05) is 12.8 Å². The highest BCUT2D eigenvalue weighted by Gasteiger charge is 2.18. The highest BCUT2D eigenvalue weighted by Crippen LogP contribution is 2.38. The molecule has 5 heteroatoms. The van der Waals surface area contributed by atoms with Crippen molar-refractivity contribution < 1.29 is 4.42 Å². The van der Waals surface area contributed by atoms with Crippen LogP contribution in [0, 0.1) is 0 Å². The number of nitrogens with one attached hydrogen (secondary N) is 1. The van der Waals surface area contributed by atoms with Crippen LogP contribution in [0.4, 0.5) is 5.69 Å². The van der Waals surface area contributed by atoms with Crippen molar-refractivity contribution in [2.75, 3.05) is 5.73 Å². The first-order valence-corrected chi connectivity index (χ1v) is 6.69. The molecule has 1 heterocycles. The molecule has 1 aliphatic carbocycles. The number of rotatable bonds is 2. The van der Waals surface area contributed by atoms with Crippen LogP contribution in [0.5, 0.6) is 0 Å². The van der Waals surface area contributed by atoms with Gasteiger partial charge in [-0.2, -0.15) is 0 Å². The molecule has 1 fully saturated rings. The second kappa shape index (κ2) is 4.14. The second-order valence-corrected chi connectivity index (χ2v) is 5.77. The van der Waals surface area contributed by atoms with E-state index in [1.807, 2.05) is 17.8 Å². The van der Waals surface area contributed by atoms with Crippen LogP contribution in [0.3, 0.4) is 0 Å². The van der Waals surface area contributed by atoms with Crippen LogP contribution in [0.2, 0.25) is 0 Å². The van der Waals surface area contributed by atoms with Crippen molar-refractivity contribution in [1.82, 2.24) is 4.98 Å². The van der Waals surface area contributed by atoms with Gasteiger partial charge in [-0.3, -0.25) is 4.98 Å². The van der Waals surface area contributed by atoms with Gasteiger partial charge in [-0.15, -0.1) is 11.8 Å². The van der Waals surface area contributed by atoms with E-state index in [1.165, 1.54) is 25.7 Å². The van der Waals surface area contributed by atoms with Crippen LogP contribution < -0.4 is 11.5 Å². The molecule has 0 radical (unpaired) electrons. The molecule has 2 aromatic rings. The molecule has 1 saturated carbocycles. The lowest BCUT2D eigenvalue weighted by Crippen LogP contribution is -1.96. The van der Waals surface area contributed by atoms with E-state index in [1.54, 1.807) is 6.07 Å². The van der Waals surface area contributed by atoms with E-state index in [9.17, 15) is 4.79 Å². The van der Waals surface area contributed by atoms with Gasteiger partial charge in [-0.25, -0.2) is 4.79 Å². The number of aromatic amines is 1. The van der Waals surface area contributed by atoms with E-state index in [0.717, 1.165) is 10.4 Å². The number of aromatic nitrogens is 1. The molecule has 0 atom stereocenters. The predicted molar refractivity (Wildman–Crippen MR) is 69.4 cm³/mol. The smallest absolute Gasteiger partial charge is 0.408 e. The van der Waals surface area contributed by atoms with E-state index in [0.29, 0.717) is 16.5 Å². The quantitative estimate of drug-likeness (QED) is 0.804. The minimum atomic E-state index is -0.428. The fourth-order valence-electron chi connectivity index (χ4n) is 2.28. The SMILES string of the molecule is Nc1cc2oc(=O)[nH]c2cc1SC1CCCC1. The molecule has 0 spiro atoms. The average molecular weight is 250 g/mol. The van der Waals surface area contributed by atoms with Gasteiger partial charge in [0.2, 0.25) is 0 Å². The normalized spacial score (nSPS) is 16.9. The maximum absolute atomic E-state index is 11.1. The summed E-state index contributed by atoms with van der Waals surface area (Å²) in [5, 5.41) is 0.661. The molecule has 3 N–H and O–H groups in total. The summed E-state index contributed by atoms with van der Waals surface area (Å²) in [5.41, 5.74) is 7.93. The monoisotopic (exact) mass is 250 g/mol. The van der Waals surface area contributed by atoms with Crippen LogP contribution in [0.1, 0.15) is 25.7 Å². The van der Waals surface area contributed by atoms with Gasteiger partial charge in [-0.05, 0) is 18.9 Å². The van der Waals surface area contributed by atoms with Gasteiger partial charge in [0.05, 0.1) is 5.52 Å². The third kappa shape index (κ3) is 2.07. The van der Waals surface area contributed by atoms with Crippen LogP contribution in [-0.2, 0) is 0 Å². The Morgan fingerprint density at radius 3 is 2.88 bits per heavy atom. The molecule has 1 aromatic carbocycles. The van der Waals surface area contributed by atoms with Crippen LogP contribution in [-0.4, -0.2) is 10.2 Å². The van der Waals surface area contributed by atoms with Gasteiger partial charge in [0.15, 0.2) is 5.58 Å². The number of benzene rings is 1. The summed E-state index contributed by atoms with van der Waals surface area (Å²) < 4.78 is 4.97. The molecule has 1 aromatic heterocycles. The Labute approximate surface area is 103 Å². The number of nitrogens with two attached hydrogens (primary N) is 1. The third-order valence-corrected chi connectivity index (χ3v) is 4.56. The van der Waals surface area contributed by atoms with E-state index in [2.05, 4.69) is 4.98 Å². The molecule has 1 aliphatic rings. The molecule has 3 rings (SSSR count). The lowest BCUT2D eigenvalue weighted by atomic mass is 10.3. The molecule has 0 unspecified atom stereocenters. The number of hydrogen-bond donors (Lipinski definition) is 2. The number of fused-ring (bicyclic) bond motifs is 1. The first-order valence-electron chi connectivity index (χ1n) is 5.81. The zero-order valence-corrected chi connectivity index (χ0v) is 10.2. The topological polar surface area (TPSA) is 72.0 Å². The summed E-state index contributed by atoms with van der Waals surface area (Å²) >= 11 is 1.81. The van der Waals surface area contributed by atoms with Crippen molar-refractivity contribution in [3.05, 3.63) is 22.7 Å². The maximum atomic E-state index is 11.1. The Bertz CT molecular complexity index is 596. The summed E-state index contributed by atoms with van der Waals surface area (Å²) in [4.78, 5) is 14.8. The number of H-pyrrole nitrogens is 1. The minimum absolute atomic E-state index is 0.428. The molecule has 0 amide bonds. The van der Waals surface area contributed by atoms with Gasteiger partial charge in [0.25, 0.3) is 0 Å². The Kier molecular flexibility index (Phi) is 2.63. The van der Waals surface area contributed by atoms with Gasteiger partial charge in [0, 0.05) is 21.9 Å². The Balaban J connectivity index is 1.97. The highest BCUT2D eigenvalue weighted by molar-refractivity contribution is 8.00. The second-order valence-electron chi connectivity index (χ2n) is 4.43. The van der Waals surface area contributed by atoms with Crippen molar-refractivity contribution in [2.24, 2.45) is 0 Å². The minimum Gasteiger partial charge on any atom is -0.408 e. The number of anilines is 1. The number of oxazole rings is 1. The maximum Gasteiger partial charge on any atom is 0.417 e. The van der Waals surface area contributed by atoms with Crippen LogP contribution >= 0.6 is 11.8 Å². The van der Waals surface area contributed by atoms with E-state index in [-0.39, 0.29) is 0 Å². The average Bonchev–Trinajstić information content (AvgIpc) is 2.87. The van der Waals surface area contributed by atoms with Crippen molar-refractivity contribution in [3.63, 3.8) is 0 Å². The molecular formula is C12H14N2O2S. The molecule has 4 nitrogen and oxygen atoms in total. The molecule has 0 saturated heterocycles. The van der Waals surface area contributed by atoms with Crippen molar-refractivity contribution >= 4 is 28.5 Å². The summed E-state index contributed by atoms with van der Waals surface area (Å²) in [6, 6.07) is 3.64. The first kappa shape index (κ1) is 10.8. The van der Waals surface area contributed by atoms with Gasteiger partial charge < -0.3 is 10.2 Å². The Morgan fingerprint density at radius 1 is 1.35 bits per heavy atom. The summed E-state index contributed by atoms with van der Waals surface area (Å²) in [6.07, 6.45) is 5.12. The fourth-order valence-corrected chi connectivity index (χ4v) is 3.59. The van der Waals surface area contributed by atoms with E-state index < -0.39 is 5.76 Å². The van der Waals surface area contributed by atoms with Crippen molar-refractivity contribution in [3.8, 4) is 0 Å². The third-order valence-electron chi connectivity index (χ3n) is 3.15. The molecular weight excluding hydrogens is 236 g/mol. The Morgan fingerprint density at radius 2 is 2.12 bits per heavy atom. The lowest BCUT2D eigenvalue weighted by molar-refractivity contribution is 0.555. The fraction of sp³-hybridized carbons (Fsp3) is 0.417. The van der Waals surface area contributed by atoms with E-state index in [4.69, 9.17) is 10.2 Å². The zero-order valence-electron chi connectivity index (χ0n) is 9.36.